The maximum Gasteiger partial charge on any atom is 0.234 e. The van der Waals surface area contributed by atoms with E-state index < -0.39 is 0 Å². The van der Waals surface area contributed by atoms with Crippen molar-refractivity contribution in [3.05, 3.63) is 27.8 Å². The van der Waals surface area contributed by atoms with Crippen LogP contribution >= 0.6 is 34.4 Å². The summed E-state index contributed by atoms with van der Waals surface area (Å²) in [5, 5.41) is 11.1. The number of hydrogen-bond acceptors (Lipinski definition) is 3. The second-order valence-corrected chi connectivity index (χ2v) is 4.94. The third-order valence-corrected chi connectivity index (χ3v) is 2.98. The van der Waals surface area contributed by atoms with Crippen LogP contribution in [-0.4, -0.2) is 17.4 Å². The number of carbonyl (C=O) groups is 1. The van der Waals surface area contributed by atoms with Gasteiger partial charge in [0.05, 0.1) is 17.6 Å². The molecule has 1 aromatic carbocycles. The van der Waals surface area contributed by atoms with Crippen molar-refractivity contribution in [2.75, 3.05) is 16.8 Å². The summed E-state index contributed by atoms with van der Waals surface area (Å²) in [6.07, 6.45) is 0. The minimum absolute atomic E-state index is 0.0720. The van der Waals surface area contributed by atoms with E-state index >= 15 is 0 Å². The van der Waals surface area contributed by atoms with Crippen LogP contribution in [0.1, 0.15) is 0 Å². The van der Waals surface area contributed by atoms with Crippen molar-refractivity contribution in [2.24, 2.45) is 0 Å². The number of rotatable bonds is 4. The van der Waals surface area contributed by atoms with Gasteiger partial charge in [0.15, 0.2) is 0 Å². The third kappa shape index (κ3) is 5.04. The lowest BCUT2D eigenvalue weighted by atomic mass is 10.3. The Morgan fingerprint density at radius 1 is 1.60 bits per heavy atom. The Kier molecular flexibility index (Phi) is 5.50. The van der Waals surface area contributed by atoms with Gasteiger partial charge in [0, 0.05) is 9.26 Å². The molecule has 0 aliphatic rings. The van der Waals surface area contributed by atoms with Crippen molar-refractivity contribution < 1.29 is 4.79 Å². The van der Waals surface area contributed by atoms with E-state index in [0.717, 1.165) is 9.26 Å². The molecule has 0 bridgehead atoms. The summed E-state index contributed by atoms with van der Waals surface area (Å²) >= 11 is 3.50. The van der Waals surface area contributed by atoms with E-state index in [1.54, 1.807) is 0 Å². The predicted octanol–water partition coefficient (Wildman–Crippen LogP) is 2.49. The molecule has 0 atom stereocenters. The number of nitrogens with zero attached hydrogens (tertiary/aromatic N) is 1. The fourth-order valence-corrected chi connectivity index (χ4v) is 1.95. The number of amides is 1. The van der Waals surface area contributed by atoms with E-state index in [0.29, 0.717) is 11.5 Å². The molecule has 0 aliphatic heterocycles. The molecule has 1 N–H and O–H groups in total. The van der Waals surface area contributed by atoms with Crippen LogP contribution in [0.2, 0.25) is 0 Å². The van der Waals surface area contributed by atoms with Crippen LogP contribution < -0.4 is 5.32 Å². The van der Waals surface area contributed by atoms with E-state index in [-0.39, 0.29) is 5.91 Å². The minimum Gasteiger partial charge on any atom is -0.325 e. The number of anilines is 1. The Morgan fingerprint density at radius 2 is 2.40 bits per heavy atom. The molecule has 0 unspecified atom stereocenters. The van der Waals surface area contributed by atoms with Gasteiger partial charge in [-0.2, -0.15) is 5.26 Å². The molecule has 0 saturated heterocycles. The average molecular weight is 332 g/mol. The standard InChI is InChI=1S/C10H9IN2OS/c11-8-2-1-3-9(6-8)13-10(14)7-15-5-4-12/h1-3,6H,5,7H2,(H,13,14). The quantitative estimate of drug-likeness (QED) is 0.681. The first-order valence-corrected chi connectivity index (χ1v) is 6.46. The highest BCUT2D eigenvalue weighted by Gasteiger charge is 2.01. The Hall–Kier alpha value is -0.740. The predicted molar refractivity (Wildman–Crippen MR) is 70.7 cm³/mol. The molecule has 0 spiro atoms. The summed E-state index contributed by atoms with van der Waals surface area (Å²) in [7, 11) is 0. The lowest BCUT2D eigenvalue weighted by molar-refractivity contribution is -0.113. The zero-order valence-corrected chi connectivity index (χ0v) is 10.8. The van der Waals surface area contributed by atoms with Gasteiger partial charge in [-0.3, -0.25) is 4.79 Å². The van der Waals surface area contributed by atoms with Gasteiger partial charge < -0.3 is 5.32 Å². The first-order valence-electron chi connectivity index (χ1n) is 4.22. The normalized spacial score (nSPS) is 9.33. The molecule has 1 aromatic rings. The second kappa shape index (κ2) is 6.69. The van der Waals surface area contributed by atoms with Crippen LogP contribution in [0.15, 0.2) is 24.3 Å². The van der Waals surface area contributed by atoms with Crippen molar-refractivity contribution >= 4 is 45.9 Å². The largest absolute Gasteiger partial charge is 0.325 e. The molecule has 0 heterocycles. The van der Waals surface area contributed by atoms with Crippen molar-refractivity contribution in [1.82, 2.24) is 0 Å². The van der Waals surface area contributed by atoms with Crippen LogP contribution in [0.5, 0.6) is 0 Å². The first-order chi connectivity index (χ1) is 7.22. The number of nitrogens with one attached hydrogen (secondary N) is 1. The van der Waals surface area contributed by atoms with Crippen LogP contribution in [-0.2, 0) is 4.79 Å². The van der Waals surface area contributed by atoms with E-state index in [1.807, 2.05) is 30.3 Å². The molecule has 3 nitrogen and oxygen atoms in total. The number of nitriles is 1. The van der Waals surface area contributed by atoms with Gasteiger partial charge in [-0.1, -0.05) is 6.07 Å². The Bertz CT molecular complexity index is 389. The summed E-state index contributed by atoms with van der Waals surface area (Å²) < 4.78 is 1.08. The highest BCUT2D eigenvalue weighted by molar-refractivity contribution is 14.1. The molecule has 0 saturated carbocycles. The molecule has 0 radical (unpaired) electrons. The van der Waals surface area contributed by atoms with Crippen LogP contribution in [0.3, 0.4) is 0 Å². The minimum atomic E-state index is -0.0720. The zero-order valence-electron chi connectivity index (χ0n) is 7.87. The smallest absolute Gasteiger partial charge is 0.234 e. The summed E-state index contributed by atoms with van der Waals surface area (Å²) in [5.74, 6) is 0.593. The topological polar surface area (TPSA) is 52.9 Å². The molecule has 0 aliphatic carbocycles. The lowest BCUT2D eigenvalue weighted by Crippen LogP contribution is -2.14. The molecule has 5 heteroatoms. The lowest BCUT2D eigenvalue weighted by Gasteiger charge is -2.04. The molecule has 78 valence electrons. The fraction of sp³-hybridized carbons (Fsp3) is 0.200. The maximum absolute atomic E-state index is 11.4. The maximum atomic E-state index is 11.4. The summed E-state index contributed by atoms with van der Waals surface area (Å²) in [6, 6.07) is 9.56. The number of halogens is 1. The van der Waals surface area contributed by atoms with Crippen molar-refractivity contribution in [3.8, 4) is 6.07 Å². The fourth-order valence-electron chi connectivity index (χ4n) is 0.953. The monoisotopic (exact) mass is 332 g/mol. The van der Waals surface area contributed by atoms with Gasteiger partial charge in [0.2, 0.25) is 5.91 Å². The SMILES string of the molecule is N#CCSCC(=O)Nc1cccc(I)c1. The first kappa shape index (κ1) is 12.3. The average Bonchev–Trinajstić information content (AvgIpc) is 2.18. The van der Waals surface area contributed by atoms with Crippen molar-refractivity contribution in [2.45, 2.75) is 0 Å². The number of hydrogen-bond donors (Lipinski definition) is 1. The molecular formula is C10H9IN2OS. The Labute approximate surface area is 106 Å². The summed E-state index contributed by atoms with van der Waals surface area (Å²) in [5.41, 5.74) is 0.796. The third-order valence-electron chi connectivity index (χ3n) is 1.51. The van der Waals surface area contributed by atoms with Crippen LogP contribution in [0.25, 0.3) is 0 Å². The van der Waals surface area contributed by atoms with Gasteiger partial charge in [0.25, 0.3) is 0 Å². The van der Waals surface area contributed by atoms with Gasteiger partial charge in [-0.15, -0.1) is 11.8 Å². The second-order valence-electron chi connectivity index (χ2n) is 2.71. The molecule has 1 rings (SSSR count). The molecule has 1 amide bonds. The summed E-state index contributed by atoms with van der Waals surface area (Å²) in [6.45, 7) is 0. The summed E-state index contributed by atoms with van der Waals surface area (Å²) in [4.78, 5) is 11.4. The van der Waals surface area contributed by atoms with Gasteiger partial charge in [0.1, 0.15) is 0 Å². The van der Waals surface area contributed by atoms with Gasteiger partial charge >= 0.3 is 0 Å². The molecule has 15 heavy (non-hydrogen) atoms. The van der Waals surface area contributed by atoms with E-state index in [2.05, 4.69) is 27.9 Å². The van der Waals surface area contributed by atoms with E-state index in [1.165, 1.54) is 11.8 Å². The number of thioether (sulfide) groups is 1. The number of benzene rings is 1. The van der Waals surface area contributed by atoms with Gasteiger partial charge in [-0.25, -0.2) is 0 Å². The van der Waals surface area contributed by atoms with Crippen molar-refractivity contribution in [1.29, 1.82) is 5.26 Å². The Morgan fingerprint density at radius 3 is 3.07 bits per heavy atom. The Balaban J connectivity index is 2.42. The number of carbonyl (C=O) groups excluding carboxylic acids is 1. The highest BCUT2D eigenvalue weighted by atomic mass is 127. The van der Waals surface area contributed by atoms with E-state index in [9.17, 15) is 4.79 Å². The van der Waals surface area contributed by atoms with Crippen molar-refractivity contribution in [3.63, 3.8) is 0 Å². The van der Waals surface area contributed by atoms with Crippen LogP contribution in [0, 0.1) is 14.9 Å². The van der Waals surface area contributed by atoms with E-state index in [4.69, 9.17) is 5.26 Å². The van der Waals surface area contributed by atoms with Crippen LogP contribution in [0.4, 0.5) is 5.69 Å². The van der Waals surface area contributed by atoms with Gasteiger partial charge in [-0.05, 0) is 40.8 Å². The zero-order chi connectivity index (χ0) is 11.1. The highest BCUT2D eigenvalue weighted by Crippen LogP contribution is 2.12. The molecular weight excluding hydrogens is 323 g/mol. The molecule has 0 fully saturated rings. The molecule has 0 aromatic heterocycles.